The Morgan fingerprint density at radius 2 is 1.61 bits per heavy atom. The van der Waals surface area contributed by atoms with Gasteiger partial charge in [-0.05, 0) is 11.6 Å². The third-order valence-electron chi connectivity index (χ3n) is 5.17. The molecule has 6 nitrogen and oxygen atoms in total. The number of hydrogen-bond donors (Lipinski definition) is 1. The molecule has 1 aromatic heterocycles. The number of hydrogen-bond acceptors (Lipinski definition) is 4. The number of Topliss-reactive ketones (excluding diaryl/α,β-unsaturated/α-hetero) is 1. The van der Waals surface area contributed by atoms with Crippen molar-refractivity contribution in [2.45, 2.75) is 5.75 Å². The molecule has 0 amide bonds. The van der Waals surface area contributed by atoms with E-state index in [2.05, 4.69) is 4.98 Å². The fourth-order valence-corrected chi connectivity index (χ4v) is 5.15. The Labute approximate surface area is 164 Å². The molecule has 1 saturated heterocycles. The SMILES string of the molecule is O=C(CN1CCN(S(=O)(=O)Cc2ccccc2)CC1)c1c[nH]c2ccccc12. The van der Waals surface area contributed by atoms with Crippen molar-refractivity contribution in [3.05, 3.63) is 71.9 Å². The maximum Gasteiger partial charge on any atom is 0.218 e. The van der Waals surface area contributed by atoms with E-state index in [-0.39, 0.29) is 11.5 Å². The molecule has 0 spiro atoms. The van der Waals surface area contributed by atoms with Crippen LogP contribution in [0.25, 0.3) is 10.9 Å². The maximum atomic E-state index is 12.7. The first-order chi connectivity index (χ1) is 13.5. The Morgan fingerprint density at radius 1 is 0.929 bits per heavy atom. The highest BCUT2D eigenvalue weighted by atomic mass is 32.2. The van der Waals surface area contributed by atoms with Gasteiger partial charge in [0.2, 0.25) is 10.0 Å². The predicted molar refractivity (Wildman–Crippen MR) is 110 cm³/mol. The van der Waals surface area contributed by atoms with E-state index >= 15 is 0 Å². The second-order valence-corrected chi connectivity index (χ2v) is 9.06. The standard InChI is InChI=1S/C21H23N3O3S/c25-21(19-14-22-20-9-5-4-8-18(19)20)15-23-10-12-24(13-11-23)28(26,27)16-17-6-2-1-3-7-17/h1-9,14,22H,10-13,15-16H2. The van der Waals surface area contributed by atoms with Gasteiger partial charge in [0.1, 0.15) is 0 Å². The van der Waals surface area contributed by atoms with Crippen LogP contribution in [0.3, 0.4) is 0 Å². The molecule has 1 fully saturated rings. The van der Waals surface area contributed by atoms with Gasteiger partial charge < -0.3 is 4.98 Å². The van der Waals surface area contributed by atoms with Crippen LogP contribution in [0.1, 0.15) is 15.9 Å². The van der Waals surface area contributed by atoms with Crippen LogP contribution >= 0.6 is 0 Å². The van der Waals surface area contributed by atoms with Gasteiger partial charge in [-0.3, -0.25) is 9.69 Å². The predicted octanol–water partition coefficient (Wildman–Crippen LogP) is 2.50. The van der Waals surface area contributed by atoms with Crippen LogP contribution in [-0.2, 0) is 15.8 Å². The second kappa shape index (κ2) is 7.87. The smallest absolute Gasteiger partial charge is 0.218 e. The Kier molecular flexibility index (Phi) is 5.30. The van der Waals surface area contributed by atoms with Crippen LogP contribution in [0.15, 0.2) is 60.8 Å². The number of carbonyl (C=O) groups excluding carboxylic acids is 1. The van der Waals surface area contributed by atoms with Crippen molar-refractivity contribution < 1.29 is 13.2 Å². The molecule has 146 valence electrons. The van der Waals surface area contributed by atoms with Crippen molar-refractivity contribution in [1.82, 2.24) is 14.2 Å². The van der Waals surface area contributed by atoms with E-state index in [0.29, 0.717) is 38.3 Å². The highest BCUT2D eigenvalue weighted by Crippen LogP contribution is 2.19. The lowest BCUT2D eigenvalue weighted by Gasteiger charge is -2.33. The van der Waals surface area contributed by atoms with Gasteiger partial charge in [0.25, 0.3) is 0 Å². The van der Waals surface area contributed by atoms with Crippen molar-refractivity contribution >= 4 is 26.7 Å². The molecule has 0 aliphatic carbocycles. The first-order valence-corrected chi connectivity index (χ1v) is 11.0. The molecule has 1 aliphatic rings. The molecule has 1 N–H and O–H groups in total. The third-order valence-corrected chi connectivity index (χ3v) is 7.02. The zero-order chi connectivity index (χ0) is 19.6. The third kappa shape index (κ3) is 4.01. The summed E-state index contributed by atoms with van der Waals surface area (Å²) < 4.78 is 26.8. The number of ketones is 1. The number of aromatic amines is 1. The highest BCUT2D eigenvalue weighted by molar-refractivity contribution is 7.88. The minimum absolute atomic E-state index is 0.0160. The summed E-state index contributed by atoms with van der Waals surface area (Å²) in [4.78, 5) is 17.9. The number of piperazine rings is 1. The van der Waals surface area contributed by atoms with Crippen molar-refractivity contribution in [3.63, 3.8) is 0 Å². The summed E-state index contributed by atoms with van der Waals surface area (Å²) in [5.74, 6) is 0.0697. The van der Waals surface area contributed by atoms with Gasteiger partial charge in [-0.1, -0.05) is 48.5 Å². The van der Waals surface area contributed by atoms with Gasteiger partial charge >= 0.3 is 0 Å². The lowest BCUT2D eigenvalue weighted by atomic mass is 10.1. The molecule has 0 bridgehead atoms. The van der Waals surface area contributed by atoms with Gasteiger partial charge in [-0.2, -0.15) is 4.31 Å². The van der Waals surface area contributed by atoms with E-state index in [1.54, 1.807) is 6.20 Å². The molecule has 2 aromatic carbocycles. The number of carbonyl (C=O) groups is 1. The van der Waals surface area contributed by atoms with E-state index in [0.717, 1.165) is 16.5 Å². The summed E-state index contributed by atoms with van der Waals surface area (Å²) in [6.07, 6.45) is 1.76. The molecule has 0 atom stereocenters. The Bertz CT molecular complexity index is 1070. The molecule has 1 aliphatic heterocycles. The van der Waals surface area contributed by atoms with E-state index < -0.39 is 10.0 Å². The van der Waals surface area contributed by atoms with Crippen molar-refractivity contribution in [2.24, 2.45) is 0 Å². The largest absolute Gasteiger partial charge is 0.360 e. The monoisotopic (exact) mass is 397 g/mol. The average molecular weight is 398 g/mol. The Balaban J connectivity index is 1.36. The Morgan fingerprint density at radius 3 is 2.36 bits per heavy atom. The number of benzene rings is 2. The van der Waals surface area contributed by atoms with Crippen molar-refractivity contribution in [1.29, 1.82) is 0 Å². The fourth-order valence-electron chi connectivity index (χ4n) is 3.63. The molecule has 28 heavy (non-hydrogen) atoms. The summed E-state index contributed by atoms with van der Waals surface area (Å²) in [6, 6.07) is 17.0. The number of fused-ring (bicyclic) bond motifs is 1. The average Bonchev–Trinajstić information content (AvgIpc) is 3.13. The van der Waals surface area contributed by atoms with Gasteiger partial charge in [-0.15, -0.1) is 0 Å². The first-order valence-electron chi connectivity index (χ1n) is 9.36. The lowest BCUT2D eigenvalue weighted by molar-refractivity contribution is 0.0903. The quantitative estimate of drug-likeness (QED) is 0.649. The number of sulfonamides is 1. The van der Waals surface area contributed by atoms with E-state index in [1.807, 2.05) is 59.5 Å². The molecule has 7 heteroatoms. The first kappa shape index (κ1) is 18.9. The highest BCUT2D eigenvalue weighted by Gasteiger charge is 2.28. The number of nitrogens with one attached hydrogen (secondary N) is 1. The molecule has 0 saturated carbocycles. The molecule has 3 aromatic rings. The zero-order valence-electron chi connectivity index (χ0n) is 15.5. The summed E-state index contributed by atoms with van der Waals surface area (Å²) >= 11 is 0. The van der Waals surface area contributed by atoms with Crippen LogP contribution in [-0.4, -0.2) is 61.1 Å². The molecular formula is C21H23N3O3S. The van der Waals surface area contributed by atoms with Crippen LogP contribution in [0.2, 0.25) is 0 Å². The van der Waals surface area contributed by atoms with Crippen molar-refractivity contribution in [3.8, 4) is 0 Å². The van der Waals surface area contributed by atoms with E-state index in [4.69, 9.17) is 0 Å². The summed E-state index contributed by atoms with van der Waals surface area (Å²) in [6.45, 7) is 2.24. The summed E-state index contributed by atoms with van der Waals surface area (Å²) in [7, 11) is -3.34. The van der Waals surface area contributed by atoms with Crippen LogP contribution in [0.4, 0.5) is 0 Å². The Hall–Kier alpha value is -2.48. The number of rotatable bonds is 6. The molecule has 0 radical (unpaired) electrons. The van der Waals surface area contributed by atoms with Gasteiger partial charge in [-0.25, -0.2) is 8.42 Å². The lowest BCUT2D eigenvalue weighted by Crippen LogP contribution is -2.50. The van der Waals surface area contributed by atoms with Crippen LogP contribution in [0.5, 0.6) is 0 Å². The van der Waals surface area contributed by atoms with E-state index in [9.17, 15) is 13.2 Å². The van der Waals surface area contributed by atoms with Crippen LogP contribution < -0.4 is 0 Å². The zero-order valence-corrected chi connectivity index (χ0v) is 16.4. The normalized spacial score (nSPS) is 16.4. The number of nitrogens with zero attached hydrogens (tertiary/aromatic N) is 2. The van der Waals surface area contributed by atoms with E-state index in [1.165, 1.54) is 4.31 Å². The topological polar surface area (TPSA) is 73.5 Å². The molecule has 2 heterocycles. The minimum atomic E-state index is -3.34. The minimum Gasteiger partial charge on any atom is -0.360 e. The molecular weight excluding hydrogens is 374 g/mol. The fraction of sp³-hybridized carbons (Fsp3) is 0.286. The van der Waals surface area contributed by atoms with Gasteiger partial charge in [0, 0.05) is 48.8 Å². The molecule has 0 unspecified atom stereocenters. The second-order valence-electron chi connectivity index (χ2n) is 7.09. The summed E-state index contributed by atoms with van der Waals surface area (Å²) in [5, 5.41) is 0.927. The number of aromatic nitrogens is 1. The van der Waals surface area contributed by atoms with Gasteiger partial charge in [0.15, 0.2) is 5.78 Å². The number of H-pyrrole nitrogens is 1. The van der Waals surface area contributed by atoms with Gasteiger partial charge in [0.05, 0.1) is 12.3 Å². The number of para-hydroxylation sites is 1. The maximum absolute atomic E-state index is 12.7. The molecule has 4 rings (SSSR count). The van der Waals surface area contributed by atoms with Crippen molar-refractivity contribution in [2.75, 3.05) is 32.7 Å². The summed E-state index contributed by atoms with van der Waals surface area (Å²) in [5.41, 5.74) is 2.43. The van der Waals surface area contributed by atoms with Crippen LogP contribution in [0, 0.1) is 0 Å².